The molecule has 2 heterocycles. The zero-order valence-corrected chi connectivity index (χ0v) is 23.3. The SMILES string of the molecule is COc1cc(NC(=O)CCN2CCC(OC(=O)Nc3ccsc3-c3cccc(Cl)c3)CC2)c(Cl)cc1CN. The number of nitrogens with zero attached hydrogens (tertiary/aromatic N) is 1. The van der Waals surface area contributed by atoms with Gasteiger partial charge in [0.15, 0.2) is 0 Å². The Bertz CT molecular complexity index is 1280. The fourth-order valence-electron chi connectivity index (χ4n) is 4.31. The number of halogens is 2. The van der Waals surface area contributed by atoms with Crippen LogP contribution in [0.2, 0.25) is 10.0 Å². The van der Waals surface area contributed by atoms with Gasteiger partial charge in [-0.05, 0) is 48.1 Å². The number of rotatable bonds is 9. The van der Waals surface area contributed by atoms with Crippen LogP contribution in [0, 0.1) is 0 Å². The molecule has 1 aliphatic heterocycles. The summed E-state index contributed by atoms with van der Waals surface area (Å²) in [5.74, 6) is 0.441. The highest BCUT2D eigenvalue weighted by molar-refractivity contribution is 7.14. The number of nitrogens with two attached hydrogens (primary N) is 1. The molecule has 2 aromatic carbocycles. The molecule has 4 N–H and O–H groups in total. The number of hydrogen-bond donors (Lipinski definition) is 3. The molecule has 202 valence electrons. The monoisotopic (exact) mass is 576 g/mol. The summed E-state index contributed by atoms with van der Waals surface area (Å²) < 4.78 is 11.0. The summed E-state index contributed by atoms with van der Waals surface area (Å²) >= 11 is 13.9. The zero-order chi connectivity index (χ0) is 27.1. The molecule has 0 atom stereocenters. The number of ether oxygens (including phenoxy) is 2. The van der Waals surface area contributed by atoms with Crippen molar-refractivity contribution in [3.8, 4) is 16.2 Å². The number of carbonyl (C=O) groups is 2. The molecule has 2 amide bonds. The number of nitrogens with one attached hydrogen (secondary N) is 2. The van der Waals surface area contributed by atoms with E-state index >= 15 is 0 Å². The standard InChI is InChI=1S/C27H30Cl2N4O4S/c1-36-24-15-23(21(29)14-18(24)16-30)31-25(34)7-11-33-9-5-20(6-10-33)37-27(35)32-22-8-12-38-26(22)17-3-2-4-19(28)13-17/h2-4,8,12-15,20H,5-7,9-11,16,30H2,1H3,(H,31,34)(H,32,35). The second-order valence-electron chi connectivity index (χ2n) is 8.89. The van der Waals surface area contributed by atoms with Crippen molar-refractivity contribution in [1.82, 2.24) is 4.90 Å². The zero-order valence-electron chi connectivity index (χ0n) is 21.0. The van der Waals surface area contributed by atoms with Gasteiger partial charge in [0.25, 0.3) is 0 Å². The highest BCUT2D eigenvalue weighted by atomic mass is 35.5. The van der Waals surface area contributed by atoms with E-state index in [1.165, 1.54) is 11.3 Å². The Morgan fingerprint density at radius 3 is 2.61 bits per heavy atom. The number of thiophene rings is 1. The highest BCUT2D eigenvalue weighted by Crippen LogP contribution is 2.35. The van der Waals surface area contributed by atoms with E-state index in [1.54, 1.807) is 19.2 Å². The van der Waals surface area contributed by atoms with E-state index < -0.39 is 6.09 Å². The first-order valence-corrected chi connectivity index (χ1v) is 13.9. The Kier molecular flexibility index (Phi) is 9.87. The second-order valence-corrected chi connectivity index (χ2v) is 10.7. The number of carbonyl (C=O) groups excluding carboxylic acids is 2. The third-order valence-corrected chi connectivity index (χ3v) is 7.83. The third-order valence-electron chi connectivity index (χ3n) is 6.32. The van der Waals surface area contributed by atoms with Crippen LogP contribution in [-0.4, -0.2) is 49.7 Å². The maximum absolute atomic E-state index is 12.6. The van der Waals surface area contributed by atoms with Gasteiger partial charge in [-0.15, -0.1) is 11.3 Å². The van der Waals surface area contributed by atoms with Gasteiger partial charge in [0.2, 0.25) is 5.91 Å². The quantitative estimate of drug-likeness (QED) is 0.279. The maximum atomic E-state index is 12.6. The Balaban J connectivity index is 1.21. The highest BCUT2D eigenvalue weighted by Gasteiger charge is 2.23. The van der Waals surface area contributed by atoms with Gasteiger partial charge in [-0.2, -0.15) is 0 Å². The summed E-state index contributed by atoms with van der Waals surface area (Å²) in [6.45, 7) is 2.35. The van der Waals surface area contributed by atoms with Crippen molar-refractivity contribution in [3.05, 3.63) is 63.5 Å². The number of piperidine rings is 1. The maximum Gasteiger partial charge on any atom is 0.411 e. The van der Waals surface area contributed by atoms with E-state index in [4.69, 9.17) is 38.4 Å². The van der Waals surface area contributed by atoms with Crippen LogP contribution in [-0.2, 0) is 16.1 Å². The minimum Gasteiger partial charge on any atom is -0.496 e. The molecule has 0 unspecified atom stereocenters. The van der Waals surface area contributed by atoms with Crippen LogP contribution in [0.3, 0.4) is 0 Å². The number of methoxy groups -OCH3 is 1. The molecule has 1 aromatic heterocycles. The van der Waals surface area contributed by atoms with Crippen molar-refractivity contribution in [2.45, 2.75) is 31.9 Å². The van der Waals surface area contributed by atoms with Gasteiger partial charge < -0.3 is 25.4 Å². The Morgan fingerprint density at radius 1 is 1.11 bits per heavy atom. The van der Waals surface area contributed by atoms with Gasteiger partial charge in [-0.3, -0.25) is 10.1 Å². The van der Waals surface area contributed by atoms with Gasteiger partial charge >= 0.3 is 6.09 Å². The van der Waals surface area contributed by atoms with E-state index in [1.807, 2.05) is 35.7 Å². The van der Waals surface area contributed by atoms with E-state index in [0.717, 1.165) is 29.1 Å². The first kappa shape index (κ1) is 28.2. The fourth-order valence-corrected chi connectivity index (χ4v) is 5.59. The smallest absolute Gasteiger partial charge is 0.411 e. The molecule has 1 fully saturated rings. The van der Waals surface area contributed by atoms with Crippen molar-refractivity contribution in [2.24, 2.45) is 5.73 Å². The van der Waals surface area contributed by atoms with Crippen molar-refractivity contribution in [3.63, 3.8) is 0 Å². The number of amides is 2. The molecule has 11 heteroatoms. The van der Waals surface area contributed by atoms with E-state index in [0.29, 0.717) is 53.0 Å². The average molecular weight is 578 g/mol. The van der Waals surface area contributed by atoms with Crippen LogP contribution >= 0.6 is 34.5 Å². The molecule has 0 saturated carbocycles. The van der Waals surface area contributed by atoms with Crippen LogP contribution in [0.25, 0.3) is 10.4 Å². The molecule has 1 saturated heterocycles. The molecule has 0 spiro atoms. The lowest BCUT2D eigenvalue weighted by Gasteiger charge is -2.31. The van der Waals surface area contributed by atoms with Crippen LogP contribution < -0.4 is 21.1 Å². The normalized spacial score (nSPS) is 14.2. The number of likely N-dealkylation sites (tertiary alicyclic amines) is 1. The second kappa shape index (κ2) is 13.3. The topological polar surface area (TPSA) is 106 Å². The van der Waals surface area contributed by atoms with E-state index in [9.17, 15) is 9.59 Å². The minimum absolute atomic E-state index is 0.140. The molecular weight excluding hydrogens is 547 g/mol. The van der Waals surface area contributed by atoms with Crippen LogP contribution in [0.4, 0.5) is 16.2 Å². The van der Waals surface area contributed by atoms with Gasteiger partial charge in [-0.1, -0.05) is 35.3 Å². The lowest BCUT2D eigenvalue weighted by atomic mass is 10.1. The third kappa shape index (κ3) is 7.39. The molecule has 0 radical (unpaired) electrons. The average Bonchev–Trinajstić information content (AvgIpc) is 3.37. The Labute approximate surface area is 236 Å². The molecule has 8 nitrogen and oxygen atoms in total. The summed E-state index contributed by atoms with van der Waals surface area (Å²) in [5, 5.41) is 8.68. The molecule has 0 bridgehead atoms. The first-order chi connectivity index (χ1) is 18.4. The number of benzene rings is 2. The molecule has 1 aliphatic rings. The molecular formula is C27H30Cl2N4O4S. The van der Waals surface area contributed by atoms with Gasteiger partial charge in [0.1, 0.15) is 11.9 Å². The van der Waals surface area contributed by atoms with Crippen LogP contribution in [0.1, 0.15) is 24.8 Å². The molecule has 38 heavy (non-hydrogen) atoms. The van der Waals surface area contributed by atoms with Gasteiger partial charge in [0.05, 0.1) is 28.4 Å². The van der Waals surface area contributed by atoms with E-state index in [-0.39, 0.29) is 18.6 Å². The lowest BCUT2D eigenvalue weighted by Crippen LogP contribution is -2.39. The summed E-state index contributed by atoms with van der Waals surface area (Å²) in [4.78, 5) is 28.2. The molecule has 3 aromatic rings. The Hall–Kier alpha value is -2.82. The van der Waals surface area contributed by atoms with Gasteiger partial charge in [-0.25, -0.2) is 4.79 Å². The van der Waals surface area contributed by atoms with Gasteiger partial charge in [0, 0.05) is 49.3 Å². The molecule has 4 rings (SSSR count). The van der Waals surface area contributed by atoms with Crippen LogP contribution in [0.5, 0.6) is 5.75 Å². The van der Waals surface area contributed by atoms with Crippen LogP contribution in [0.15, 0.2) is 47.8 Å². The summed E-state index contributed by atoms with van der Waals surface area (Å²) in [6.07, 6.45) is 1.05. The number of hydrogen-bond acceptors (Lipinski definition) is 7. The summed E-state index contributed by atoms with van der Waals surface area (Å²) in [7, 11) is 1.55. The van der Waals surface area contributed by atoms with Crippen molar-refractivity contribution < 1.29 is 19.1 Å². The van der Waals surface area contributed by atoms with Crippen molar-refractivity contribution >= 4 is 57.9 Å². The predicted molar refractivity (Wildman–Crippen MR) is 153 cm³/mol. The first-order valence-electron chi connectivity index (χ1n) is 12.3. The molecule has 0 aliphatic carbocycles. The Morgan fingerprint density at radius 2 is 1.89 bits per heavy atom. The summed E-state index contributed by atoms with van der Waals surface area (Å²) in [5.41, 5.74) is 8.61. The number of anilines is 2. The van der Waals surface area contributed by atoms with Crippen molar-refractivity contribution in [1.29, 1.82) is 0 Å². The summed E-state index contributed by atoms with van der Waals surface area (Å²) in [6, 6.07) is 12.7. The predicted octanol–water partition coefficient (Wildman–Crippen LogP) is 6.23. The van der Waals surface area contributed by atoms with E-state index in [2.05, 4.69) is 15.5 Å². The minimum atomic E-state index is -0.475. The fraction of sp³-hybridized carbons (Fsp3) is 0.333. The van der Waals surface area contributed by atoms with Crippen molar-refractivity contribution in [2.75, 3.05) is 37.4 Å². The largest absolute Gasteiger partial charge is 0.496 e. The lowest BCUT2D eigenvalue weighted by molar-refractivity contribution is -0.116.